The first kappa shape index (κ1) is 25.7. The molecule has 0 atom stereocenters. The number of sulfonamides is 1. The van der Waals surface area contributed by atoms with E-state index in [4.69, 9.17) is 0 Å². The number of benzene rings is 3. The molecule has 2 aliphatic rings. The van der Waals surface area contributed by atoms with Crippen molar-refractivity contribution in [3.8, 4) is 21.6 Å². The zero-order chi connectivity index (χ0) is 27.1. The van der Waals surface area contributed by atoms with Crippen molar-refractivity contribution in [3.63, 3.8) is 0 Å². The zero-order valence-corrected chi connectivity index (χ0v) is 23.1. The standard InChI is InChI=1S/C31H28N2O4S2/c1-39(36,37)32-19-31(34)33(35)24-7-4-6-22(18-24)29-15-16-30(38-29)23-11-12-26-21(17-23)10-14-27-25-8-3-2-5-20(25)9-13-28(26)27/h2-8,10,14-18,32,35H,9,11-13,19H2,1H3. The molecule has 0 saturated carbocycles. The second-order valence-corrected chi connectivity index (χ2v) is 12.9. The number of carbonyl (C=O) groups excluding carboxylic acids is 1. The third kappa shape index (κ3) is 5.21. The van der Waals surface area contributed by atoms with E-state index in [-0.39, 0.29) is 5.69 Å². The number of anilines is 1. The van der Waals surface area contributed by atoms with Gasteiger partial charge in [-0.1, -0.05) is 54.6 Å². The van der Waals surface area contributed by atoms with Crippen LogP contribution in [0.4, 0.5) is 5.69 Å². The second kappa shape index (κ2) is 10.2. The van der Waals surface area contributed by atoms with E-state index in [9.17, 15) is 18.4 Å². The summed E-state index contributed by atoms with van der Waals surface area (Å²) in [6.07, 6.45) is 7.48. The Kier molecular flexibility index (Phi) is 6.72. The summed E-state index contributed by atoms with van der Waals surface area (Å²) in [7, 11) is -3.54. The monoisotopic (exact) mass is 556 g/mol. The quantitative estimate of drug-likeness (QED) is 0.227. The summed E-state index contributed by atoms with van der Waals surface area (Å²) < 4.78 is 24.7. The second-order valence-electron chi connectivity index (χ2n) is 10.00. The number of amides is 1. The van der Waals surface area contributed by atoms with E-state index in [1.807, 2.05) is 6.07 Å². The highest BCUT2D eigenvalue weighted by atomic mass is 32.2. The Labute approximate surface area is 232 Å². The number of rotatable bonds is 6. The van der Waals surface area contributed by atoms with Crippen molar-refractivity contribution in [1.82, 2.24) is 4.72 Å². The fraction of sp³-hybridized carbons (Fsp3) is 0.194. The SMILES string of the molecule is CS(=O)(=O)NCC(=O)N(O)c1cccc(-c2ccc(C3=Cc4ccc5c(c4CC3)CCc3ccccc3-5)s2)c1. The van der Waals surface area contributed by atoms with E-state index in [0.717, 1.165) is 42.4 Å². The Morgan fingerprint density at radius 1 is 0.897 bits per heavy atom. The van der Waals surface area contributed by atoms with Gasteiger partial charge in [0.25, 0.3) is 5.91 Å². The van der Waals surface area contributed by atoms with Gasteiger partial charge in [0.05, 0.1) is 18.5 Å². The maximum atomic E-state index is 12.2. The van der Waals surface area contributed by atoms with Gasteiger partial charge in [-0.2, -0.15) is 5.06 Å². The van der Waals surface area contributed by atoms with Crippen LogP contribution in [0.1, 0.15) is 33.6 Å². The van der Waals surface area contributed by atoms with E-state index in [0.29, 0.717) is 5.06 Å². The summed E-state index contributed by atoms with van der Waals surface area (Å²) in [6.45, 7) is -0.520. The minimum Gasteiger partial charge on any atom is -0.281 e. The van der Waals surface area contributed by atoms with Gasteiger partial charge < -0.3 is 0 Å². The number of fused-ring (bicyclic) bond motifs is 5. The number of hydrogen-bond donors (Lipinski definition) is 2. The molecule has 6 rings (SSSR count). The van der Waals surface area contributed by atoms with Crippen molar-refractivity contribution in [2.24, 2.45) is 0 Å². The van der Waals surface area contributed by atoms with Crippen molar-refractivity contribution < 1.29 is 18.4 Å². The Bertz CT molecular complexity index is 1740. The lowest BCUT2D eigenvalue weighted by atomic mass is 9.78. The molecule has 2 N–H and O–H groups in total. The molecule has 198 valence electrons. The minimum absolute atomic E-state index is 0.278. The predicted octanol–water partition coefficient (Wildman–Crippen LogP) is 5.94. The molecule has 3 aromatic carbocycles. The molecule has 0 bridgehead atoms. The smallest absolute Gasteiger partial charge is 0.265 e. The highest BCUT2D eigenvalue weighted by Crippen LogP contribution is 2.42. The van der Waals surface area contributed by atoms with Crippen LogP contribution < -0.4 is 9.79 Å². The maximum Gasteiger partial charge on any atom is 0.265 e. The summed E-state index contributed by atoms with van der Waals surface area (Å²) in [6, 6.07) is 24.5. The Morgan fingerprint density at radius 3 is 2.54 bits per heavy atom. The van der Waals surface area contributed by atoms with Crippen LogP contribution in [0.2, 0.25) is 0 Å². The van der Waals surface area contributed by atoms with E-state index in [2.05, 4.69) is 59.3 Å². The Hall–Kier alpha value is -3.56. The number of nitrogens with zero attached hydrogens (tertiary/aromatic N) is 1. The van der Waals surface area contributed by atoms with E-state index in [1.54, 1.807) is 29.5 Å². The zero-order valence-electron chi connectivity index (χ0n) is 21.5. The van der Waals surface area contributed by atoms with Crippen molar-refractivity contribution in [3.05, 3.63) is 99.9 Å². The van der Waals surface area contributed by atoms with E-state index in [1.165, 1.54) is 43.8 Å². The largest absolute Gasteiger partial charge is 0.281 e. The van der Waals surface area contributed by atoms with Gasteiger partial charge in [0.15, 0.2) is 0 Å². The molecule has 4 aromatic rings. The maximum absolute atomic E-state index is 12.2. The van der Waals surface area contributed by atoms with Crippen LogP contribution in [0.15, 0.2) is 72.8 Å². The summed E-state index contributed by atoms with van der Waals surface area (Å²) >= 11 is 1.68. The third-order valence-corrected chi connectivity index (χ3v) is 9.29. The number of aryl methyl sites for hydroxylation is 1. The number of carbonyl (C=O) groups is 1. The lowest BCUT2D eigenvalue weighted by Crippen LogP contribution is -2.38. The molecule has 6 nitrogen and oxygen atoms in total. The predicted molar refractivity (Wildman–Crippen MR) is 157 cm³/mol. The molecular weight excluding hydrogens is 528 g/mol. The van der Waals surface area contributed by atoms with Crippen molar-refractivity contribution in [2.45, 2.75) is 25.7 Å². The van der Waals surface area contributed by atoms with Crippen molar-refractivity contribution in [2.75, 3.05) is 17.9 Å². The fourth-order valence-electron chi connectivity index (χ4n) is 5.52. The Morgan fingerprint density at radius 2 is 1.69 bits per heavy atom. The van der Waals surface area contributed by atoms with E-state index >= 15 is 0 Å². The molecule has 0 aliphatic heterocycles. The topological polar surface area (TPSA) is 86.7 Å². The lowest BCUT2D eigenvalue weighted by Gasteiger charge is -2.26. The first-order valence-electron chi connectivity index (χ1n) is 12.9. The number of nitrogens with one attached hydrogen (secondary N) is 1. The van der Waals surface area contributed by atoms with E-state index < -0.39 is 22.5 Å². The highest BCUT2D eigenvalue weighted by molar-refractivity contribution is 7.88. The molecule has 0 fully saturated rings. The van der Waals surface area contributed by atoms with Gasteiger partial charge in [0.2, 0.25) is 10.0 Å². The molecule has 0 spiro atoms. The van der Waals surface area contributed by atoms with Crippen LogP contribution in [0.5, 0.6) is 0 Å². The average Bonchev–Trinajstić information content (AvgIpc) is 3.45. The first-order chi connectivity index (χ1) is 18.8. The molecule has 39 heavy (non-hydrogen) atoms. The van der Waals surface area contributed by atoms with Gasteiger partial charge in [-0.25, -0.2) is 13.1 Å². The number of allylic oxidation sites excluding steroid dienone is 1. The van der Waals surface area contributed by atoms with Crippen LogP contribution in [0.25, 0.3) is 33.2 Å². The number of hydrogen-bond acceptors (Lipinski definition) is 5. The molecule has 0 saturated heterocycles. The summed E-state index contributed by atoms with van der Waals surface area (Å²) in [5.74, 6) is -0.763. The van der Waals surface area contributed by atoms with Crippen molar-refractivity contribution >= 4 is 44.6 Å². The van der Waals surface area contributed by atoms with Crippen LogP contribution in [0.3, 0.4) is 0 Å². The molecular formula is C31H28N2O4S2. The van der Waals surface area contributed by atoms with Gasteiger partial charge in [-0.05, 0) is 94.5 Å². The molecule has 1 aromatic heterocycles. The molecule has 2 aliphatic carbocycles. The van der Waals surface area contributed by atoms with Gasteiger partial charge in [-0.15, -0.1) is 11.3 Å². The summed E-state index contributed by atoms with van der Waals surface area (Å²) in [4.78, 5) is 14.5. The number of hydroxylamine groups is 1. The van der Waals surface area contributed by atoms with Crippen LogP contribution >= 0.6 is 11.3 Å². The molecule has 8 heteroatoms. The summed E-state index contributed by atoms with van der Waals surface area (Å²) in [5.41, 5.74) is 10.9. The van der Waals surface area contributed by atoms with Crippen LogP contribution in [0, 0.1) is 0 Å². The van der Waals surface area contributed by atoms with Gasteiger partial charge in [-0.3, -0.25) is 10.0 Å². The van der Waals surface area contributed by atoms with Gasteiger partial charge in [0.1, 0.15) is 0 Å². The summed E-state index contributed by atoms with van der Waals surface area (Å²) in [5, 5.41) is 10.8. The van der Waals surface area contributed by atoms with Crippen LogP contribution in [-0.4, -0.2) is 32.3 Å². The average molecular weight is 557 g/mol. The molecule has 0 radical (unpaired) electrons. The normalized spacial score (nSPS) is 14.2. The third-order valence-electron chi connectivity index (χ3n) is 7.41. The minimum atomic E-state index is -3.54. The van der Waals surface area contributed by atoms with Crippen molar-refractivity contribution in [1.29, 1.82) is 0 Å². The van der Waals surface area contributed by atoms with Gasteiger partial charge >= 0.3 is 0 Å². The van der Waals surface area contributed by atoms with Gasteiger partial charge in [0, 0.05) is 9.75 Å². The lowest BCUT2D eigenvalue weighted by molar-refractivity contribution is -0.122. The number of thiophene rings is 1. The Balaban J connectivity index is 1.24. The fourth-order valence-corrected chi connectivity index (χ4v) is 6.95. The molecule has 1 amide bonds. The molecule has 1 heterocycles. The highest BCUT2D eigenvalue weighted by Gasteiger charge is 2.23. The first-order valence-corrected chi connectivity index (χ1v) is 15.6. The van der Waals surface area contributed by atoms with Crippen LogP contribution in [-0.2, 0) is 34.1 Å². The molecule has 0 unspecified atom stereocenters.